The number of carbonyl (C=O) groups is 1. The van der Waals surface area contributed by atoms with Gasteiger partial charge in [0.1, 0.15) is 0 Å². The van der Waals surface area contributed by atoms with Gasteiger partial charge in [-0.05, 0) is 12.1 Å². The highest BCUT2D eigenvalue weighted by molar-refractivity contribution is 7.80. The Labute approximate surface area is 95.0 Å². The van der Waals surface area contributed by atoms with E-state index in [-0.39, 0.29) is 11.8 Å². The van der Waals surface area contributed by atoms with Gasteiger partial charge in [0.05, 0.1) is 5.69 Å². The summed E-state index contributed by atoms with van der Waals surface area (Å²) in [5.74, 6) is 0.423. The van der Waals surface area contributed by atoms with Crippen molar-refractivity contribution in [3.63, 3.8) is 0 Å². The third-order valence-corrected chi connectivity index (χ3v) is 3.04. The van der Waals surface area contributed by atoms with Crippen LogP contribution in [0.1, 0.15) is 6.42 Å². The van der Waals surface area contributed by atoms with Crippen molar-refractivity contribution in [2.75, 3.05) is 11.4 Å². The predicted octanol–water partition coefficient (Wildman–Crippen LogP) is 2.51. The third-order valence-electron chi connectivity index (χ3n) is 2.66. The molecule has 2 nitrogen and oxygen atoms in total. The van der Waals surface area contributed by atoms with Gasteiger partial charge in [-0.25, -0.2) is 0 Å². The summed E-state index contributed by atoms with van der Waals surface area (Å²) in [7, 11) is 0. The van der Waals surface area contributed by atoms with Crippen molar-refractivity contribution < 1.29 is 4.79 Å². The van der Waals surface area contributed by atoms with Crippen molar-refractivity contribution >= 4 is 24.2 Å². The minimum atomic E-state index is 0.154. The molecule has 1 aliphatic rings. The molecule has 78 valence electrons. The standard InChI is InChI=1S/C12H13NOS/c1-2-9-7-12(14)13(8-9)10-5-3-4-6-11(10)15/h2-6,9,15H,1,7-8H2. The minimum absolute atomic E-state index is 0.154. The van der Waals surface area contributed by atoms with Gasteiger partial charge in [0.2, 0.25) is 5.91 Å². The summed E-state index contributed by atoms with van der Waals surface area (Å²) in [6.07, 6.45) is 2.41. The van der Waals surface area contributed by atoms with E-state index in [1.165, 1.54) is 0 Å². The highest BCUT2D eigenvalue weighted by atomic mass is 32.1. The van der Waals surface area contributed by atoms with E-state index in [0.29, 0.717) is 6.42 Å². The van der Waals surface area contributed by atoms with Crippen LogP contribution in [0.4, 0.5) is 5.69 Å². The van der Waals surface area contributed by atoms with E-state index in [0.717, 1.165) is 17.1 Å². The molecule has 1 unspecified atom stereocenters. The number of rotatable bonds is 2. The van der Waals surface area contributed by atoms with Crippen molar-refractivity contribution in [3.8, 4) is 0 Å². The molecule has 15 heavy (non-hydrogen) atoms. The van der Waals surface area contributed by atoms with Crippen molar-refractivity contribution in [1.29, 1.82) is 0 Å². The van der Waals surface area contributed by atoms with Crippen LogP contribution in [-0.2, 0) is 4.79 Å². The topological polar surface area (TPSA) is 20.3 Å². The molecule has 1 aromatic carbocycles. The molecule has 1 aliphatic heterocycles. The fraction of sp³-hybridized carbons (Fsp3) is 0.250. The molecule has 1 atom stereocenters. The second kappa shape index (κ2) is 4.11. The SMILES string of the molecule is C=CC1CC(=O)N(c2ccccc2S)C1. The van der Waals surface area contributed by atoms with E-state index in [1.54, 1.807) is 4.90 Å². The maximum absolute atomic E-state index is 11.7. The van der Waals surface area contributed by atoms with E-state index in [1.807, 2.05) is 30.3 Å². The lowest BCUT2D eigenvalue weighted by Gasteiger charge is -2.17. The van der Waals surface area contributed by atoms with Gasteiger partial charge in [-0.1, -0.05) is 18.2 Å². The fourth-order valence-electron chi connectivity index (χ4n) is 1.82. The van der Waals surface area contributed by atoms with Crippen LogP contribution in [0.5, 0.6) is 0 Å². The van der Waals surface area contributed by atoms with E-state index in [4.69, 9.17) is 0 Å². The Morgan fingerprint density at radius 1 is 1.47 bits per heavy atom. The first-order valence-corrected chi connectivity index (χ1v) is 5.38. The Kier molecular flexibility index (Phi) is 2.82. The zero-order valence-corrected chi connectivity index (χ0v) is 9.28. The monoisotopic (exact) mass is 219 g/mol. The Balaban J connectivity index is 2.29. The van der Waals surface area contributed by atoms with Gasteiger partial charge in [0.25, 0.3) is 0 Å². The molecule has 0 aliphatic carbocycles. The summed E-state index contributed by atoms with van der Waals surface area (Å²) in [6, 6.07) is 7.65. The molecule has 3 heteroatoms. The summed E-state index contributed by atoms with van der Waals surface area (Å²) in [6.45, 7) is 4.45. The zero-order chi connectivity index (χ0) is 10.8. The molecule has 0 N–H and O–H groups in total. The maximum atomic E-state index is 11.7. The average Bonchev–Trinajstić information content (AvgIpc) is 2.60. The molecule has 1 fully saturated rings. The number of hydrogen-bond acceptors (Lipinski definition) is 2. The van der Waals surface area contributed by atoms with Crippen LogP contribution in [0.2, 0.25) is 0 Å². The quantitative estimate of drug-likeness (QED) is 0.598. The molecule has 1 aromatic rings. The van der Waals surface area contributed by atoms with Gasteiger partial charge in [-0.15, -0.1) is 19.2 Å². The summed E-state index contributed by atoms with van der Waals surface area (Å²) >= 11 is 4.35. The van der Waals surface area contributed by atoms with Crippen LogP contribution in [0.15, 0.2) is 41.8 Å². The normalized spacial score (nSPS) is 20.7. The molecule has 0 bridgehead atoms. The van der Waals surface area contributed by atoms with Crippen molar-refractivity contribution in [1.82, 2.24) is 0 Å². The minimum Gasteiger partial charge on any atom is -0.311 e. The Bertz CT molecular complexity index is 402. The number of benzene rings is 1. The van der Waals surface area contributed by atoms with E-state index in [9.17, 15) is 4.79 Å². The smallest absolute Gasteiger partial charge is 0.227 e. The predicted molar refractivity (Wildman–Crippen MR) is 64.4 cm³/mol. The molecular formula is C12H13NOS. The first-order chi connectivity index (χ1) is 7.22. The van der Waals surface area contributed by atoms with Gasteiger partial charge in [0, 0.05) is 23.8 Å². The van der Waals surface area contributed by atoms with E-state index in [2.05, 4.69) is 19.2 Å². The molecule has 1 heterocycles. The lowest BCUT2D eigenvalue weighted by Crippen LogP contribution is -2.24. The van der Waals surface area contributed by atoms with Gasteiger partial charge >= 0.3 is 0 Å². The molecule has 2 rings (SSSR count). The zero-order valence-electron chi connectivity index (χ0n) is 8.39. The Morgan fingerprint density at radius 3 is 2.80 bits per heavy atom. The van der Waals surface area contributed by atoms with E-state index >= 15 is 0 Å². The number of carbonyl (C=O) groups excluding carboxylic acids is 1. The fourth-order valence-corrected chi connectivity index (χ4v) is 2.10. The van der Waals surface area contributed by atoms with Crippen LogP contribution in [0.3, 0.4) is 0 Å². The van der Waals surface area contributed by atoms with Crippen LogP contribution < -0.4 is 4.90 Å². The molecule has 1 saturated heterocycles. The molecular weight excluding hydrogens is 206 g/mol. The van der Waals surface area contributed by atoms with Crippen LogP contribution in [-0.4, -0.2) is 12.5 Å². The second-order valence-corrected chi connectivity index (χ2v) is 4.17. The first-order valence-electron chi connectivity index (χ1n) is 4.93. The lowest BCUT2D eigenvalue weighted by atomic mass is 10.1. The first kappa shape index (κ1) is 10.3. The summed E-state index contributed by atoms with van der Waals surface area (Å²) < 4.78 is 0. The summed E-state index contributed by atoms with van der Waals surface area (Å²) in [5.41, 5.74) is 0.898. The third kappa shape index (κ3) is 1.92. The average molecular weight is 219 g/mol. The number of thiol groups is 1. The van der Waals surface area contributed by atoms with Crippen molar-refractivity contribution in [2.45, 2.75) is 11.3 Å². The Morgan fingerprint density at radius 2 is 2.20 bits per heavy atom. The highest BCUT2D eigenvalue weighted by Crippen LogP contribution is 2.30. The number of nitrogens with zero attached hydrogens (tertiary/aromatic N) is 1. The number of para-hydroxylation sites is 1. The van der Waals surface area contributed by atoms with E-state index < -0.39 is 0 Å². The van der Waals surface area contributed by atoms with Crippen LogP contribution in [0.25, 0.3) is 0 Å². The number of hydrogen-bond donors (Lipinski definition) is 1. The van der Waals surface area contributed by atoms with Gasteiger partial charge in [0.15, 0.2) is 0 Å². The van der Waals surface area contributed by atoms with Crippen LogP contribution in [0, 0.1) is 5.92 Å². The summed E-state index contributed by atoms with van der Waals surface area (Å²) in [5, 5.41) is 0. The van der Waals surface area contributed by atoms with Crippen molar-refractivity contribution in [3.05, 3.63) is 36.9 Å². The molecule has 0 spiro atoms. The Hall–Kier alpha value is -1.22. The number of anilines is 1. The van der Waals surface area contributed by atoms with Gasteiger partial charge in [-0.2, -0.15) is 0 Å². The number of amides is 1. The van der Waals surface area contributed by atoms with Gasteiger partial charge < -0.3 is 4.90 Å². The second-order valence-electron chi connectivity index (χ2n) is 3.69. The van der Waals surface area contributed by atoms with Crippen LogP contribution >= 0.6 is 12.6 Å². The highest BCUT2D eigenvalue weighted by Gasteiger charge is 2.29. The summed E-state index contributed by atoms with van der Waals surface area (Å²) in [4.78, 5) is 14.4. The molecule has 1 amide bonds. The molecule has 0 saturated carbocycles. The molecule has 0 aromatic heterocycles. The lowest BCUT2D eigenvalue weighted by molar-refractivity contribution is -0.117. The van der Waals surface area contributed by atoms with Crippen molar-refractivity contribution in [2.24, 2.45) is 5.92 Å². The maximum Gasteiger partial charge on any atom is 0.227 e. The molecule has 0 radical (unpaired) electrons. The van der Waals surface area contributed by atoms with Gasteiger partial charge in [-0.3, -0.25) is 4.79 Å². The largest absolute Gasteiger partial charge is 0.311 e.